The van der Waals surface area contributed by atoms with Gasteiger partial charge in [0.15, 0.2) is 5.78 Å². The summed E-state index contributed by atoms with van der Waals surface area (Å²) in [5.74, 6) is -1.81. The molecule has 3 rings (SSSR count). The van der Waals surface area contributed by atoms with Gasteiger partial charge in [0.2, 0.25) is 17.7 Å². The molecule has 230 valence electrons. The van der Waals surface area contributed by atoms with Crippen LogP contribution in [0.2, 0.25) is 0 Å². The Morgan fingerprint density at radius 1 is 0.814 bits per heavy atom. The molecule has 0 saturated carbocycles. The molecule has 0 unspecified atom stereocenters. The van der Waals surface area contributed by atoms with Gasteiger partial charge < -0.3 is 21.7 Å². The summed E-state index contributed by atoms with van der Waals surface area (Å²) in [7, 11) is 0. The number of hydrogen-bond acceptors (Lipinski definition) is 5. The summed E-state index contributed by atoms with van der Waals surface area (Å²) in [4.78, 5) is 53.2. The first-order valence-corrected chi connectivity index (χ1v) is 15.4. The van der Waals surface area contributed by atoms with E-state index in [9.17, 15) is 19.2 Å². The molecule has 8 nitrogen and oxygen atoms in total. The number of para-hydroxylation sites is 1. The van der Waals surface area contributed by atoms with Crippen molar-refractivity contribution < 1.29 is 19.2 Å². The van der Waals surface area contributed by atoms with E-state index in [1.54, 1.807) is 19.1 Å². The minimum Gasteiger partial charge on any atom is -0.344 e. The zero-order chi connectivity index (χ0) is 31.2. The number of amides is 3. The molecule has 0 aliphatic rings. The highest BCUT2D eigenvalue weighted by molar-refractivity contribution is 5.98. The number of hydrogen-bond donors (Lipinski definition) is 4. The third-order valence-corrected chi connectivity index (χ3v) is 7.95. The molecular formula is C35H46N4O4. The molecule has 0 radical (unpaired) electrons. The van der Waals surface area contributed by atoms with Crippen molar-refractivity contribution >= 4 is 40.0 Å². The number of nitrogens with two attached hydrogens (primary N) is 1. The first kappa shape index (κ1) is 33.5. The minimum absolute atomic E-state index is 0.00478. The second-order valence-corrected chi connectivity index (χ2v) is 11.2. The largest absolute Gasteiger partial charge is 0.344 e. The summed E-state index contributed by atoms with van der Waals surface area (Å²) in [6, 6.07) is 21.4. The molecule has 5 N–H and O–H groups in total. The molecule has 0 bridgehead atoms. The van der Waals surface area contributed by atoms with E-state index in [4.69, 9.17) is 5.73 Å². The van der Waals surface area contributed by atoms with Gasteiger partial charge in [0.1, 0.15) is 6.04 Å². The zero-order valence-corrected chi connectivity index (χ0v) is 25.6. The maximum Gasteiger partial charge on any atom is 0.243 e. The predicted octanol–water partition coefficient (Wildman–Crippen LogP) is 5.15. The SMILES string of the molecule is CCC(=O)N[C@@H](Cc1ccc2ccccc2c1)C(=O)N[C@H](C(=O)C[C@@H](CCCCN)C(=O)Nc1ccccc1)[C@@H](C)CC. The third-order valence-electron chi connectivity index (χ3n) is 7.95. The molecule has 0 aromatic heterocycles. The molecule has 3 amide bonds. The normalized spacial score (nSPS) is 13.9. The molecule has 0 heterocycles. The molecule has 0 fully saturated rings. The van der Waals surface area contributed by atoms with E-state index in [1.165, 1.54) is 0 Å². The number of ketones is 1. The average molecular weight is 587 g/mol. The summed E-state index contributed by atoms with van der Waals surface area (Å²) >= 11 is 0. The molecule has 0 aliphatic carbocycles. The van der Waals surface area contributed by atoms with Crippen molar-refractivity contribution in [3.8, 4) is 0 Å². The Morgan fingerprint density at radius 2 is 1.51 bits per heavy atom. The number of anilines is 1. The van der Waals surface area contributed by atoms with Crippen molar-refractivity contribution in [2.24, 2.45) is 17.6 Å². The molecule has 0 saturated heterocycles. The second-order valence-electron chi connectivity index (χ2n) is 11.2. The number of rotatable bonds is 17. The Labute approximate surface area is 255 Å². The zero-order valence-electron chi connectivity index (χ0n) is 25.6. The van der Waals surface area contributed by atoms with E-state index in [1.807, 2.05) is 74.5 Å². The molecule has 3 aromatic rings. The smallest absolute Gasteiger partial charge is 0.243 e. The highest BCUT2D eigenvalue weighted by atomic mass is 16.2. The lowest BCUT2D eigenvalue weighted by Crippen LogP contribution is -2.54. The molecule has 3 aromatic carbocycles. The molecular weight excluding hydrogens is 540 g/mol. The van der Waals surface area contributed by atoms with Crippen LogP contribution in [0.15, 0.2) is 72.8 Å². The van der Waals surface area contributed by atoms with Crippen molar-refractivity contribution in [1.29, 1.82) is 0 Å². The fourth-order valence-corrected chi connectivity index (χ4v) is 5.13. The van der Waals surface area contributed by atoms with Crippen LogP contribution in [0.5, 0.6) is 0 Å². The standard InChI is InChI=1S/C35H46N4O4/c1-4-24(3)33(31(40)23-28(15-11-12-20-36)34(42)37-29-16-7-6-8-17-29)39-35(43)30(38-32(41)5-2)22-25-18-19-26-13-9-10-14-27(26)21-25/h6-10,13-14,16-19,21,24,28,30,33H,4-5,11-12,15,20,22-23,36H2,1-3H3,(H,37,42)(H,38,41)(H,39,43)/t24-,28+,30-,33-/m0/s1. The van der Waals surface area contributed by atoms with Gasteiger partial charge in [-0.05, 0) is 53.8 Å². The average Bonchev–Trinajstić information content (AvgIpc) is 3.02. The molecule has 8 heteroatoms. The molecule has 0 spiro atoms. The number of unbranched alkanes of at least 4 members (excludes halogenated alkanes) is 1. The maximum absolute atomic E-state index is 13.8. The quantitative estimate of drug-likeness (QED) is 0.163. The lowest BCUT2D eigenvalue weighted by atomic mass is 9.87. The van der Waals surface area contributed by atoms with Crippen LogP contribution in [0.25, 0.3) is 10.8 Å². The van der Waals surface area contributed by atoms with Crippen LogP contribution in [0.3, 0.4) is 0 Å². The number of carbonyl (C=O) groups excluding carboxylic acids is 4. The lowest BCUT2D eigenvalue weighted by molar-refractivity contribution is -0.133. The highest BCUT2D eigenvalue weighted by Gasteiger charge is 2.32. The van der Waals surface area contributed by atoms with Crippen LogP contribution in [0.4, 0.5) is 5.69 Å². The van der Waals surface area contributed by atoms with Gasteiger partial charge in [0.05, 0.1) is 6.04 Å². The Hall–Kier alpha value is -4.04. The van der Waals surface area contributed by atoms with E-state index < -0.39 is 23.9 Å². The number of benzene rings is 3. The van der Waals surface area contributed by atoms with Crippen LogP contribution in [0, 0.1) is 11.8 Å². The van der Waals surface area contributed by atoms with Gasteiger partial charge in [-0.1, -0.05) is 94.3 Å². The van der Waals surface area contributed by atoms with Gasteiger partial charge in [-0.25, -0.2) is 0 Å². The van der Waals surface area contributed by atoms with Crippen LogP contribution < -0.4 is 21.7 Å². The van der Waals surface area contributed by atoms with Gasteiger partial charge in [0, 0.05) is 30.9 Å². The molecule has 4 atom stereocenters. The van der Waals surface area contributed by atoms with E-state index in [2.05, 4.69) is 16.0 Å². The van der Waals surface area contributed by atoms with Gasteiger partial charge in [-0.2, -0.15) is 0 Å². The van der Waals surface area contributed by atoms with Gasteiger partial charge in [0.25, 0.3) is 0 Å². The summed E-state index contributed by atoms with van der Waals surface area (Å²) in [5.41, 5.74) is 7.25. The van der Waals surface area contributed by atoms with Crippen LogP contribution in [0.1, 0.15) is 64.9 Å². The maximum atomic E-state index is 13.8. The summed E-state index contributed by atoms with van der Waals surface area (Å²) in [6.07, 6.45) is 3.15. The van der Waals surface area contributed by atoms with E-state index >= 15 is 0 Å². The van der Waals surface area contributed by atoms with Gasteiger partial charge in [-0.3, -0.25) is 19.2 Å². The second kappa shape index (κ2) is 17.2. The summed E-state index contributed by atoms with van der Waals surface area (Å²) in [5, 5.41) is 10.9. The minimum atomic E-state index is -0.852. The Kier molecular flexibility index (Phi) is 13.4. The van der Waals surface area contributed by atoms with Crippen molar-refractivity contribution in [2.75, 3.05) is 11.9 Å². The first-order valence-electron chi connectivity index (χ1n) is 15.4. The Morgan fingerprint density at radius 3 is 2.19 bits per heavy atom. The summed E-state index contributed by atoms with van der Waals surface area (Å²) < 4.78 is 0. The van der Waals surface area contributed by atoms with Gasteiger partial charge >= 0.3 is 0 Å². The van der Waals surface area contributed by atoms with Crippen molar-refractivity contribution in [3.63, 3.8) is 0 Å². The number of Topliss-reactive ketones (excluding diaryl/α,β-unsaturated/α-hetero) is 1. The number of carbonyl (C=O) groups is 4. The van der Waals surface area contributed by atoms with Crippen LogP contribution in [-0.2, 0) is 25.6 Å². The van der Waals surface area contributed by atoms with Crippen LogP contribution >= 0.6 is 0 Å². The highest BCUT2D eigenvalue weighted by Crippen LogP contribution is 2.21. The monoisotopic (exact) mass is 586 g/mol. The van der Waals surface area contributed by atoms with Crippen LogP contribution in [-0.4, -0.2) is 42.1 Å². The fourth-order valence-electron chi connectivity index (χ4n) is 5.13. The first-order chi connectivity index (χ1) is 20.7. The molecule has 0 aliphatic heterocycles. The lowest BCUT2D eigenvalue weighted by Gasteiger charge is -2.28. The van der Waals surface area contributed by atoms with Crippen molar-refractivity contribution in [2.45, 2.75) is 77.8 Å². The Bertz CT molecular complexity index is 1360. The van der Waals surface area contributed by atoms with Crippen molar-refractivity contribution in [3.05, 3.63) is 78.4 Å². The van der Waals surface area contributed by atoms with Crippen molar-refractivity contribution in [1.82, 2.24) is 10.6 Å². The topological polar surface area (TPSA) is 130 Å². The van der Waals surface area contributed by atoms with E-state index in [0.717, 1.165) is 22.8 Å². The fraction of sp³-hybridized carbons (Fsp3) is 0.429. The summed E-state index contributed by atoms with van der Waals surface area (Å²) in [6.45, 7) is 6.12. The predicted molar refractivity (Wildman–Crippen MR) is 172 cm³/mol. The third kappa shape index (κ3) is 10.3. The number of fused-ring (bicyclic) bond motifs is 1. The Balaban J connectivity index is 1.78. The van der Waals surface area contributed by atoms with E-state index in [0.29, 0.717) is 31.5 Å². The molecule has 43 heavy (non-hydrogen) atoms. The van der Waals surface area contributed by atoms with Gasteiger partial charge in [-0.15, -0.1) is 0 Å². The van der Waals surface area contributed by atoms with E-state index in [-0.39, 0.29) is 42.8 Å². The number of nitrogens with one attached hydrogen (secondary N) is 3.